The van der Waals surface area contributed by atoms with E-state index in [-0.39, 0.29) is 11.8 Å². The van der Waals surface area contributed by atoms with Gasteiger partial charge in [0.05, 0.1) is 44.3 Å². The summed E-state index contributed by atoms with van der Waals surface area (Å²) in [5.41, 5.74) is 3.07. The number of amides is 4. The summed E-state index contributed by atoms with van der Waals surface area (Å²) in [5, 5.41) is 2.02. The smallest absolute Gasteiger partial charge is 0.262 e. The summed E-state index contributed by atoms with van der Waals surface area (Å²) < 4.78 is 0. The predicted molar refractivity (Wildman–Crippen MR) is 144 cm³/mol. The maximum absolute atomic E-state index is 13.5. The number of rotatable bonds is 7. The van der Waals surface area contributed by atoms with Crippen molar-refractivity contribution in [1.29, 1.82) is 0 Å². The number of hydrogen-bond donors (Lipinski definition) is 0. The minimum Gasteiger partial charge on any atom is -0.277 e. The summed E-state index contributed by atoms with van der Waals surface area (Å²) >= 11 is 0. The highest BCUT2D eigenvalue weighted by molar-refractivity contribution is 6.38. The molecule has 0 saturated carbocycles. The van der Waals surface area contributed by atoms with Gasteiger partial charge in [-0.15, -0.1) is 0 Å². The van der Waals surface area contributed by atoms with Gasteiger partial charge in [-0.3, -0.25) is 48.9 Å². The molecule has 1 aromatic carbocycles. The summed E-state index contributed by atoms with van der Waals surface area (Å²) in [7, 11) is 1.43. The molecule has 4 amide bonds. The van der Waals surface area contributed by atoms with Gasteiger partial charge in [-0.2, -0.15) is 0 Å². The maximum atomic E-state index is 13.5. The van der Waals surface area contributed by atoms with E-state index in [0.29, 0.717) is 72.4 Å². The number of carbonyl (C=O) groups excluding carboxylic acids is 4. The van der Waals surface area contributed by atoms with Gasteiger partial charge in [0.25, 0.3) is 23.6 Å². The van der Waals surface area contributed by atoms with Crippen molar-refractivity contribution in [2.45, 2.75) is 45.4 Å². The standard InChI is InChI=1S/C29H24N6O4/c1-3-4-5-6-7-8-9-35-28(38)16-12-32-24-21-19(16)17(29(35)39)13-33-25(21)23-20-18-14(10-30-22(20)24)26(36)34(2)27(37)15(18)11-31-23/h10-13H,3-9H2,1-2H3. The fourth-order valence-corrected chi connectivity index (χ4v) is 6.02. The van der Waals surface area contributed by atoms with Crippen LogP contribution in [0.5, 0.6) is 0 Å². The van der Waals surface area contributed by atoms with Gasteiger partial charge in [-0.05, 0) is 6.42 Å². The lowest BCUT2D eigenvalue weighted by molar-refractivity contribution is 0.0602. The number of pyridine rings is 4. The topological polar surface area (TPSA) is 126 Å². The average Bonchev–Trinajstić information content (AvgIpc) is 2.95. The molecular weight excluding hydrogens is 496 g/mol. The first-order valence-electron chi connectivity index (χ1n) is 13.3. The molecule has 0 aliphatic carbocycles. The first-order chi connectivity index (χ1) is 18.9. The lowest BCUT2D eigenvalue weighted by Gasteiger charge is -2.28. The van der Waals surface area contributed by atoms with Crippen LogP contribution in [-0.4, -0.2) is 67.0 Å². The van der Waals surface area contributed by atoms with Gasteiger partial charge >= 0.3 is 0 Å². The van der Waals surface area contributed by atoms with E-state index in [9.17, 15) is 19.2 Å². The van der Waals surface area contributed by atoms with Gasteiger partial charge in [0.2, 0.25) is 0 Å². The summed E-state index contributed by atoms with van der Waals surface area (Å²) in [5.74, 6) is -1.62. The Bertz CT molecular complexity index is 1800. The number of benzene rings is 1. The molecule has 0 fully saturated rings. The van der Waals surface area contributed by atoms with Crippen LogP contribution < -0.4 is 0 Å². The molecule has 194 valence electrons. The maximum Gasteiger partial charge on any atom is 0.262 e. The minimum absolute atomic E-state index is 0.305. The number of imide groups is 2. The van der Waals surface area contributed by atoms with Gasteiger partial charge in [-0.1, -0.05) is 39.0 Å². The first-order valence-corrected chi connectivity index (χ1v) is 13.3. The highest BCUT2D eigenvalue weighted by Crippen LogP contribution is 2.42. The minimum atomic E-state index is -0.442. The Morgan fingerprint density at radius 1 is 0.538 bits per heavy atom. The number of hydrogen-bond acceptors (Lipinski definition) is 8. The van der Waals surface area contributed by atoms with Crippen molar-refractivity contribution in [2.24, 2.45) is 0 Å². The van der Waals surface area contributed by atoms with E-state index in [2.05, 4.69) is 26.9 Å². The van der Waals surface area contributed by atoms with Crippen molar-refractivity contribution >= 4 is 67.2 Å². The molecule has 0 bridgehead atoms. The largest absolute Gasteiger partial charge is 0.277 e. The SMILES string of the molecule is CCCCCCCCN1C(=O)c2cnc3c4ncc5c6c(cnc(c7ncc(c2c37)C1=O)c64)C(=O)N(C)C5=O. The molecule has 10 heteroatoms. The van der Waals surface area contributed by atoms with Crippen LogP contribution in [0.15, 0.2) is 24.8 Å². The van der Waals surface area contributed by atoms with Crippen LogP contribution >= 0.6 is 0 Å². The van der Waals surface area contributed by atoms with E-state index in [1.807, 2.05) is 0 Å². The fourth-order valence-electron chi connectivity index (χ4n) is 6.02. The van der Waals surface area contributed by atoms with E-state index >= 15 is 0 Å². The van der Waals surface area contributed by atoms with Gasteiger partial charge in [0.1, 0.15) is 0 Å². The van der Waals surface area contributed by atoms with Crippen LogP contribution in [0, 0.1) is 0 Å². The third-order valence-corrected chi connectivity index (χ3v) is 8.02. The summed E-state index contributed by atoms with van der Waals surface area (Å²) in [6, 6.07) is 0. The molecule has 39 heavy (non-hydrogen) atoms. The van der Waals surface area contributed by atoms with Crippen LogP contribution in [0.2, 0.25) is 0 Å². The number of fused-ring (bicyclic) bond motifs is 2. The van der Waals surface area contributed by atoms with Gasteiger partial charge in [-0.25, -0.2) is 0 Å². The molecule has 0 spiro atoms. The Morgan fingerprint density at radius 2 is 0.923 bits per heavy atom. The van der Waals surface area contributed by atoms with Crippen molar-refractivity contribution in [3.8, 4) is 0 Å². The number of carbonyl (C=O) groups is 4. The highest BCUT2D eigenvalue weighted by Gasteiger charge is 2.37. The van der Waals surface area contributed by atoms with Gasteiger partial charge < -0.3 is 0 Å². The normalized spacial score (nSPS) is 15.2. The molecule has 0 atom stereocenters. The zero-order valence-electron chi connectivity index (χ0n) is 21.6. The van der Waals surface area contributed by atoms with E-state index < -0.39 is 11.8 Å². The third kappa shape index (κ3) is 3.08. The molecule has 0 unspecified atom stereocenters. The van der Waals surface area contributed by atoms with Crippen molar-refractivity contribution in [3.05, 3.63) is 47.0 Å². The summed E-state index contributed by atoms with van der Waals surface area (Å²) in [6.07, 6.45) is 12.2. The van der Waals surface area contributed by atoms with Crippen molar-refractivity contribution < 1.29 is 19.2 Å². The Kier molecular flexibility index (Phi) is 5.10. The van der Waals surface area contributed by atoms with Crippen LogP contribution in [-0.2, 0) is 0 Å². The van der Waals surface area contributed by atoms with Gasteiger partial charge in [0, 0.05) is 59.9 Å². The second-order valence-electron chi connectivity index (χ2n) is 10.3. The Morgan fingerprint density at radius 3 is 1.36 bits per heavy atom. The molecule has 7 rings (SSSR count). The summed E-state index contributed by atoms with van der Waals surface area (Å²) in [4.78, 5) is 73.6. The first kappa shape index (κ1) is 23.5. The molecule has 2 aliphatic heterocycles. The zero-order valence-corrected chi connectivity index (χ0v) is 21.6. The molecular formula is C29H24N6O4. The lowest BCUT2D eigenvalue weighted by Crippen LogP contribution is -2.41. The van der Waals surface area contributed by atoms with Crippen molar-refractivity contribution in [2.75, 3.05) is 13.6 Å². The van der Waals surface area contributed by atoms with E-state index in [0.717, 1.165) is 37.0 Å². The van der Waals surface area contributed by atoms with Crippen molar-refractivity contribution in [1.82, 2.24) is 29.7 Å². The summed E-state index contributed by atoms with van der Waals surface area (Å²) in [6.45, 7) is 2.51. The average molecular weight is 521 g/mol. The van der Waals surface area contributed by atoms with E-state index in [1.165, 1.54) is 43.2 Å². The molecule has 0 radical (unpaired) electrons. The van der Waals surface area contributed by atoms with Crippen LogP contribution in [0.4, 0.5) is 0 Å². The van der Waals surface area contributed by atoms with E-state index in [1.54, 1.807) is 0 Å². The molecule has 6 heterocycles. The van der Waals surface area contributed by atoms with Crippen LogP contribution in [0.3, 0.4) is 0 Å². The number of unbranched alkanes of at least 4 members (excludes halogenated alkanes) is 5. The molecule has 4 aromatic heterocycles. The van der Waals surface area contributed by atoms with Crippen LogP contribution in [0.25, 0.3) is 43.6 Å². The molecule has 5 aromatic rings. The Hall–Kier alpha value is -4.60. The van der Waals surface area contributed by atoms with Gasteiger partial charge in [0.15, 0.2) is 0 Å². The number of aromatic nitrogens is 4. The molecule has 10 nitrogen and oxygen atoms in total. The Labute approximate surface area is 222 Å². The second kappa shape index (κ2) is 8.45. The molecule has 0 N–H and O–H groups in total. The monoisotopic (exact) mass is 520 g/mol. The Balaban J connectivity index is 1.41. The zero-order chi connectivity index (χ0) is 27.0. The highest BCUT2D eigenvalue weighted by atomic mass is 16.2. The quantitative estimate of drug-likeness (QED) is 0.133. The molecule has 2 aliphatic rings. The van der Waals surface area contributed by atoms with Crippen LogP contribution in [0.1, 0.15) is 86.9 Å². The third-order valence-electron chi connectivity index (χ3n) is 8.02. The molecule has 0 saturated heterocycles. The van der Waals surface area contributed by atoms with E-state index in [4.69, 9.17) is 0 Å². The van der Waals surface area contributed by atoms with Crippen molar-refractivity contribution in [3.63, 3.8) is 0 Å². The number of nitrogens with zero attached hydrogens (tertiary/aromatic N) is 6. The fraction of sp³-hybridized carbons (Fsp3) is 0.310. The predicted octanol–water partition coefficient (Wildman–Crippen LogP) is 4.50. The second-order valence-corrected chi connectivity index (χ2v) is 10.3. The lowest BCUT2D eigenvalue weighted by atomic mass is 9.90.